The minimum atomic E-state index is -1.09. The van der Waals surface area contributed by atoms with Gasteiger partial charge < -0.3 is 15.2 Å². The molecule has 0 saturated carbocycles. The molecule has 27 heavy (non-hydrogen) atoms. The Labute approximate surface area is 162 Å². The standard InChI is InChI=1S/C19H23N3O4S/c1-12-17(27-11-21-12)14-5-3-13(4-6-14)7-8-20-18(23)16-9-15(26-2)10-22(16)19(24)25/h3-6,11,15-16H,7-10H2,1-2H3,(H,20,23)(H,24,25)/t15-,16+/m1/s1. The zero-order valence-corrected chi connectivity index (χ0v) is 16.2. The second kappa shape index (κ2) is 8.49. The number of benzene rings is 1. The molecule has 3 rings (SSSR count). The summed E-state index contributed by atoms with van der Waals surface area (Å²) in [7, 11) is 1.53. The topological polar surface area (TPSA) is 91.8 Å². The van der Waals surface area contributed by atoms with Gasteiger partial charge in [0.15, 0.2) is 0 Å². The first-order valence-electron chi connectivity index (χ1n) is 8.79. The molecule has 0 bridgehead atoms. The summed E-state index contributed by atoms with van der Waals surface area (Å²) in [6.45, 7) is 2.68. The van der Waals surface area contributed by atoms with Gasteiger partial charge in [-0.15, -0.1) is 11.3 Å². The van der Waals surface area contributed by atoms with Crippen LogP contribution in [0.15, 0.2) is 29.8 Å². The fourth-order valence-corrected chi connectivity index (χ4v) is 4.09. The summed E-state index contributed by atoms with van der Waals surface area (Å²) in [5.74, 6) is -0.270. The first kappa shape index (κ1) is 19.3. The van der Waals surface area contributed by atoms with Crippen LogP contribution in [0.2, 0.25) is 0 Å². The molecule has 0 unspecified atom stereocenters. The molecule has 2 amide bonds. The Morgan fingerprint density at radius 2 is 2.11 bits per heavy atom. The molecule has 1 aliphatic rings. The fourth-order valence-electron chi connectivity index (χ4n) is 3.28. The number of hydrogen-bond acceptors (Lipinski definition) is 5. The van der Waals surface area contributed by atoms with Gasteiger partial charge in [0.1, 0.15) is 6.04 Å². The molecular weight excluding hydrogens is 366 g/mol. The average Bonchev–Trinajstić information content (AvgIpc) is 3.28. The third-order valence-corrected chi connectivity index (χ3v) is 5.80. The lowest BCUT2D eigenvalue weighted by atomic mass is 10.1. The van der Waals surface area contributed by atoms with Crippen LogP contribution in [0.5, 0.6) is 0 Å². The molecule has 1 aromatic heterocycles. The number of thiazole rings is 1. The number of carbonyl (C=O) groups excluding carboxylic acids is 1. The molecule has 1 saturated heterocycles. The van der Waals surface area contributed by atoms with Crippen molar-refractivity contribution >= 4 is 23.3 Å². The molecule has 1 aliphatic heterocycles. The molecule has 7 nitrogen and oxygen atoms in total. The average molecular weight is 389 g/mol. The minimum absolute atomic E-state index is 0.225. The van der Waals surface area contributed by atoms with Crippen LogP contribution in [0.25, 0.3) is 10.4 Å². The molecule has 0 aliphatic carbocycles. The van der Waals surface area contributed by atoms with Gasteiger partial charge in [-0.05, 0) is 24.5 Å². The number of carboxylic acid groups (broad SMARTS) is 1. The molecule has 2 aromatic rings. The maximum atomic E-state index is 12.4. The normalized spacial score (nSPS) is 19.3. The number of aryl methyl sites for hydroxylation is 1. The quantitative estimate of drug-likeness (QED) is 0.792. The van der Waals surface area contributed by atoms with Crippen molar-refractivity contribution < 1.29 is 19.4 Å². The van der Waals surface area contributed by atoms with Crippen LogP contribution in [0.1, 0.15) is 17.7 Å². The van der Waals surface area contributed by atoms with Gasteiger partial charge in [-0.3, -0.25) is 9.69 Å². The van der Waals surface area contributed by atoms with Crippen LogP contribution in [0.4, 0.5) is 4.79 Å². The maximum Gasteiger partial charge on any atom is 0.408 e. The van der Waals surface area contributed by atoms with Gasteiger partial charge in [-0.1, -0.05) is 24.3 Å². The van der Waals surface area contributed by atoms with Gasteiger partial charge in [0.05, 0.1) is 28.7 Å². The lowest BCUT2D eigenvalue weighted by Crippen LogP contribution is -2.45. The molecule has 2 atom stereocenters. The predicted molar refractivity (Wildman–Crippen MR) is 103 cm³/mol. The van der Waals surface area contributed by atoms with E-state index in [1.807, 2.05) is 24.6 Å². The number of nitrogens with one attached hydrogen (secondary N) is 1. The number of ether oxygens (including phenoxy) is 1. The summed E-state index contributed by atoms with van der Waals surface area (Å²) in [5.41, 5.74) is 5.11. The highest BCUT2D eigenvalue weighted by Gasteiger charge is 2.39. The molecule has 0 radical (unpaired) electrons. The van der Waals surface area contributed by atoms with E-state index >= 15 is 0 Å². The van der Waals surface area contributed by atoms with Crippen LogP contribution in [-0.2, 0) is 16.0 Å². The number of aromatic nitrogens is 1. The summed E-state index contributed by atoms with van der Waals surface area (Å²) in [4.78, 5) is 30.3. The lowest BCUT2D eigenvalue weighted by molar-refractivity contribution is -0.125. The second-order valence-electron chi connectivity index (χ2n) is 6.55. The highest BCUT2D eigenvalue weighted by molar-refractivity contribution is 7.13. The van der Waals surface area contributed by atoms with Crippen molar-refractivity contribution in [1.29, 1.82) is 0 Å². The summed E-state index contributed by atoms with van der Waals surface area (Å²) in [6, 6.07) is 7.51. The SMILES string of the molecule is CO[C@@H]1C[C@@H](C(=O)NCCc2ccc(-c3scnc3C)cc2)N(C(=O)O)C1. The fraction of sp³-hybridized carbons (Fsp3) is 0.421. The Morgan fingerprint density at radius 1 is 1.37 bits per heavy atom. The molecule has 1 fully saturated rings. The predicted octanol–water partition coefficient (Wildman–Crippen LogP) is 2.54. The zero-order chi connectivity index (χ0) is 19.4. The number of nitrogens with zero attached hydrogens (tertiary/aromatic N) is 2. The first-order valence-corrected chi connectivity index (χ1v) is 9.67. The van der Waals surface area contributed by atoms with E-state index < -0.39 is 12.1 Å². The van der Waals surface area contributed by atoms with E-state index in [0.717, 1.165) is 26.6 Å². The third kappa shape index (κ3) is 4.45. The van der Waals surface area contributed by atoms with Gasteiger partial charge in [0.2, 0.25) is 5.91 Å². The monoisotopic (exact) mass is 389 g/mol. The van der Waals surface area contributed by atoms with Crippen molar-refractivity contribution in [2.24, 2.45) is 0 Å². The van der Waals surface area contributed by atoms with E-state index in [9.17, 15) is 14.7 Å². The Balaban J connectivity index is 1.52. The summed E-state index contributed by atoms with van der Waals surface area (Å²) in [6.07, 6.45) is -0.262. The number of rotatable bonds is 6. The van der Waals surface area contributed by atoms with E-state index in [0.29, 0.717) is 19.4 Å². The van der Waals surface area contributed by atoms with Crippen LogP contribution < -0.4 is 5.32 Å². The van der Waals surface area contributed by atoms with Gasteiger partial charge >= 0.3 is 6.09 Å². The maximum absolute atomic E-state index is 12.4. The van der Waals surface area contributed by atoms with Crippen molar-refractivity contribution in [3.05, 3.63) is 41.0 Å². The van der Waals surface area contributed by atoms with Gasteiger partial charge in [-0.25, -0.2) is 9.78 Å². The Bertz CT molecular complexity index is 806. The van der Waals surface area contributed by atoms with Crippen molar-refractivity contribution in [2.75, 3.05) is 20.2 Å². The Hall–Kier alpha value is -2.45. The summed E-state index contributed by atoms with van der Waals surface area (Å²) in [5, 5.41) is 12.1. The molecule has 144 valence electrons. The Kier molecular flexibility index (Phi) is 6.08. The van der Waals surface area contributed by atoms with Crippen molar-refractivity contribution in [3.8, 4) is 10.4 Å². The minimum Gasteiger partial charge on any atom is -0.465 e. The van der Waals surface area contributed by atoms with Gasteiger partial charge in [-0.2, -0.15) is 0 Å². The van der Waals surface area contributed by atoms with E-state index in [2.05, 4.69) is 22.4 Å². The van der Waals surface area contributed by atoms with Crippen molar-refractivity contribution in [1.82, 2.24) is 15.2 Å². The molecule has 8 heteroatoms. The molecular formula is C19H23N3O4S. The second-order valence-corrected chi connectivity index (χ2v) is 7.40. The molecule has 2 N–H and O–H groups in total. The van der Waals surface area contributed by atoms with E-state index in [4.69, 9.17) is 4.74 Å². The van der Waals surface area contributed by atoms with E-state index in [1.54, 1.807) is 11.3 Å². The number of carbonyl (C=O) groups is 2. The number of likely N-dealkylation sites (tertiary alicyclic amines) is 1. The Morgan fingerprint density at radius 3 is 2.70 bits per heavy atom. The van der Waals surface area contributed by atoms with E-state index in [-0.39, 0.29) is 18.6 Å². The highest BCUT2D eigenvalue weighted by atomic mass is 32.1. The van der Waals surface area contributed by atoms with Crippen LogP contribution in [0.3, 0.4) is 0 Å². The third-order valence-electron chi connectivity index (χ3n) is 4.82. The summed E-state index contributed by atoms with van der Waals surface area (Å²) >= 11 is 1.62. The zero-order valence-electron chi connectivity index (χ0n) is 15.3. The first-order chi connectivity index (χ1) is 13.0. The van der Waals surface area contributed by atoms with Crippen LogP contribution in [0, 0.1) is 6.92 Å². The smallest absolute Gasteiger partial charge is 0.408 e. The lowest BCUT2D eigenvalue weighted by Gasteiger charge is -2.20. The molecule has 0 spiro atoms. The number of methoxy groups -OCH3 is 1. The summed E-state index contributed by atoms with van der Waals surface area (Å²) < 4.78 is 5.21. The van der Waals surface area contributed by atoms with Crippen molar-refractivity contribution in [3.63, 3.8) is 0 Å². The number of hydrogen-bond donors (Lipinski definition) is 2. The number of amides is 2. The molecule has 2 heterocycles. The highest BCUT2D eigenvalue weighted by Crippen LogP contribution is 2.27. The molecule has 1 aromatic carbocycles. The van der Waals surface area contributed by atoms with Crippen LogP contribution >= 0.6 is 11.3 Å². The van der Waals surface area contributed by atoms with Crippen molar-refractivity contribution in [2.45, 2.75) is 31.9 Å². The van der Waals surface area contributed by atoms with Crippen LogP contribution in [-0.4, -0.2) is 59.3 Å². The van der Waals surface area contributed by atoms with Gasteiger partial charge in [0, 0.05) is 20.1 Å². The van der Waals surface area contributed by atoms with E-state index in [1.165, 1.54) is 7.11 Å². The van der Waals surface area contributed by atoms with Gasteiger partial charge in [0.25, 0.3) is 0 Å². The largest absolute Gasteiger partial charge is 0.465 e.